The van der Waals surface area contributed by atoms with Crippen molar-refractivity contribution in [1.82, 2.24) is 15.5 Å². The van der Waals surface area contributed by atoms with Crippen LogP contribution >= 0.6 is 0 Å². The molecule has 2 aliphatic heterocycles. The number of anilines is 1. The summed E-state index contributed by atoms with van der Waals surface area (Å²) in [6, 6.07) is 13.9. The minimum Gasteiger partial charge on any atom is -0.379 e. The molecule has 2 amide bonds. The molecule has 0 spiro atoms. The molecule has 8 nitrogen and oxygen atoms in total. The highest BCUT2D eigenvalue weighted by molar-refractivity contribution is 5.99. The Balaban J connectivity index is 1.43. The summed E-state index contributed by atoms with van der Waals surface area (Å²) in [7, 11) is 0. The van der Waals surface area contributed by atoms with Gasteiger partial charge in [0.1, 0.15) is 0 Å². The summed E-state index contributed by atoms with van der Waals surface area (Å²) in [5.74, 6) is -0.0931. The molecule has 3 fully saturated rings. The van der Waals surface area contributed by atoms with Gasteiger partial charge in [-0.1, -0.05) is 31.2 Å². The standard InChI is InChI=1S/C35H51N5O3/c1-5-40(30-12-10-29(36)11-13-30)33-20-28(27-8-6-26(7-9-27)22-39-14-16-43-17-15-39)19-31(25(33)4)34(41)37-21-32-23(2)18-24(3)38-35(32)42/h6-9,19-20,23-24,29-30,32H,5,10-18,21-22,36H2,1-4H3,(H,37,41)(H,38,42). The SMILES string of the molecule is CCN(c1cc(-c2ccc(CN3CCOCC3)cc2)cc(C(=O)NCC2C(=O)NC(C)CC2C)c1C)C1CCC(N)CC1. The Morgan fingerprint density at radius 1 is 1.07 bits per heavy atom. The molecule has 8 heteroatoms. The molecular formula is C35H51N5O3. The van der Waals surface area contributed by atoms with Crippen LogP contribution < -0.4 is 21.3 Å². The number of piperidine rings is 1. The molecule has 2 saturated heterocycles. The lowest BCUT2D eigenvalue weighted by molar-refractivity contribution is -0.129. The molecule has 4 N–H and O–H groups in total. The molecule has 2 aromatic carbocycles. The van der Waals surface area contributed by atoms with Gasteiger partial charge in [0, 0.05) is 62.1 Å². The zero-order chi connectivity index (χ0) is 30.5. The second kappa shape index (κ2) is 14.2. The van der Waals surface area contributed by atoms with E-state index < -0.39 is 0 Å². The van der Waals surface area contributed by atoms with E-state index in [1.54, 1.807) is 0 Å². The molecule has 0 bridgehead atoms. The first kappa shape index (κ1) is 31.5. The van der Waals surface area contributed by atoms with Gasteiger partial charge in [0.25, 0.3) is 5.91 Å². The number of hydrogen-bond donors (Lipinski definition) is 3. The van der Waals surface area contributed by atoms with Crippen molar-refractivity contribution in [3.05, 3.63) is 53.1 Å². The van der Waals surface area contributed by atoms with Crippen LogP contribution in [0.1, 0.15) is 74.4 Å². The van der Waals surface area contributed by atoms with Crippen molar-refractivity contribution in [2.75, 3.05) is 44.3 Å². The second-order valence-electron chi connectivity index (χ2n) is 13.0. The van der Waals surface area contributed by atoms with Gasteiger partial charge in [0.15, 0.2) is 0 Å². The molecule has 0 aromatic heterocycles. The number of nitrogens with one attached hydrogen (secondary N) is 2. The van der Waals surface area contributed by atoms with Crippen LogP contribution in [0.2, 0.25) is 0 Å². The number of hydrogen-bond acceptors (Lipinski definition) is 6. The van der Waals surface area contributed by atoms with E-state index in [1.165, 1.54) is 5.56 Å². The van der Waals surface area contributed by atoms with Crippen LogP contribution in [0.5, 0.6) is 0 Å². The molecule has 5 rings (SSSR count). The largest absolute Gasteiger partial charge is 0.379 e. The Bertz CT molecular complexity index is 1250. The van der Waals surface area contributed by atoms with Crippen LogP contribution in [0.15, 0.2) is 36.4 Å². The third kappa shape index (κ3) is 7.59. The zero-order valence-corrected chi connectivity index (χ0v) is 26.5. The van der Waals surface area contributed by atoms with Crippen molar-refractivity contribution in [2.24, 2.45) is 17.6 Å². The van der Waals surface area contributed by atoms with Gasteiger partial charge in [0.05, 0.1) is 19.1 Å². The lowest BCUT2D eigenvalue weighted by Gasteiger charge is -2.38. The maximum Gasteiger partial charge on any atom is 0.251 e. The average Bonchev–Trinajstić information content (AvgIpc) is 2.99. The molecule has 234 valence electrons. The lowest BCUT2D eigenvalue weighted by Crippen LogP contribution is -2.50. The summed E-state index contributed by atoms with van der Waals surface area (Å²) in [6.07, 6.45) is 5.09. The topological polar surface area (TPSA) is 99.9 Å². The number of amides is 2. The van der Waals surface area contributed by atoms with Crippen LogP contribution in [0, 0.1) is 18.8 Å². The third-order valence-corrected chi connectivity index (χ3v) is 9.87. The van der Waals surface area contributed by atoms with Crippen LogP contribution in [-0.4, -0.2) is 74.2 Å². The number of nitrogens with zero attached hydrogens (tertiary/aromatic N) is 2. The van der Waals surface area contributed by atoms with Crippen LogP contribution in [0.3, 0.4) is 0 Å². The van der Waals surface area contributed by atoms with Gasteiger partial charge >= 0.3 is 0 Å². The highest BCUT2D eigenvalue weighted by Gasteiger charge is 2.33. The van der Waals surface area contributed by atoms with Gasteiger partial charge in [-0.25, -0.2) is 0 Å². The monoisotopic (exact) mass is 589 g/mol. The van der Waals surface area contributed by atoms with Crippen molar-refractivity contribution in [2.45, 2.75) is 84.5 Å². The fourth-order valence-electron chi connectivity index (χ4n) is 7.24. The Labute approximate surface area is 257 Å². The summed E-state index contributed by atoms with van der Waals surface area (Å²) in [6.45, 7) is 14.0. The van der Waals surface area contributed by atoms with Gasteiger partial charge in [-0.05, 0) is 93.2 Å². The molecular weight excluding hydrogens is 538 g/mol. The molecule has 2 aromatic rings. The number of ether oxygens (including phenoxy) is 1. The van der Waals surface area contributed by atoms with E-state index in [0.717, 1.165) is 93.9 Å². The van der Waals surface area contributed by atoms with E-state index in [0.29, 0.717) is 18.2 Å². The number of carbonyl (C=O) groups is 2. The van der Waals surface area contributed by atoms with Crippen molar-refractivity contribution in [3.63, 3.8) is 0 Å². The Hall–Kier alpha value is -2.94. The van der Waals surface area contributed by atoms with E-state index in [9.17, 15) is 9.59 Å². The third-order valence-electron chi connectivity index (χ3n) is 9.87. The number of benzene rings is 2. The van der Waals surface area contributed by atoms with Crippen molar-refractivity contribution >= 4 is 17.5 Å². The molecule has 0 radical (unpaired) electrons. The summed E-state index contributed by atoms with van der Waals surface area (Å²) in [5.41, 5.74) is 12.4. The Kier molecular flexibility index (Phi) is 10.4. The van der Waals surface area contributed by atoms with Gasteiger partial charge in [-0.2, -0.15) is 0 Å². The molecule has 3 aliphatic rings. The van der Waals surface area contributed by atoms with E-state index in [4.69, 9.17) is 10.5 Å². The van der Waals surface area contributed by atoms with Crippen molar-refractivity contribution < 1.29 is 14.3 Å². The first-order valence-electron chi connectivity index (χ1n) is 16.4. The van der Waals surface area contributed by atoms with Gasteiger partial charge in [-0.15, -0.1) is 0 Å². The van der Waals surface area contributed by atoms with E-state index in [-0.39, 0.29) is 35.7 Å². The zero-order valence-electron chi connectivity index (χ0n) is 26.5. The van der Waals surface area contributed by atoms with E-state index >= 15 is 0 Å². The Morgan fingerprint density at radius 2 is 1.77 bits per heavy atom. The lowest BCUT2D eigenvalue weighted by atomic mass is 9.84. The highest BCUT2D eigenvalue weighted by Crippen LogP contribution is 2.35. The molecule has 3 unspecified atom stereocenters. The quantitative estimate of drug-likeness (QED) is 0.399. The molecule has 1 aliphatic carbocycles. The summed E-state index contributed by atoms with van der Waals surface area (Å²) in [5, 5.41) is 6.19. The Morgan fingerprint density at radius 3 is 2.42 bits per heavy atom. The first-order valence-corrected chi connectivity index (χ1v) is 16.4. The summed E-state index contributed by atoms with van der Waals surface area (Å²) >= 11 is 0. The predicted molar refractivity (Wildman–Crippen MR) is 173 cm³/mol. The average molecular weight is 590 g/mol. The van der Waals surface area contributed by atoms with E-state index in [2.05, 4.69) is 71.5 Å². The van der Waals surface area contributed by atoms with E-state index in [1.807, 2.05) is 13.0 Å². The maximum absolute atomic E-state index is 13.8. The number of rotatable bonds is 9. The van der Waals surface area contributed by atoms with Crippen molar-refractivity contribution in [3.8, 4) is 11.1 Å². The number of morpholine rings is 1. The van der Waals surface area contributed by atoms with Crippen LogP contribution in [0.4, 0.5) is 5.69 Å². The second-order valence-corrected chi connectivity index (χ2v) is 13.0. The van der Waals surface area contributed by atoms with Crippen LogP contribution in [0.25, 0.3) is 11.1 Å². The van der Waals surface area contributed by atoms with Crippen LogP contribution in [-0.2, 0) is 16.1 Å². The maximum atomic E-state index is 13.8. The fraction of sp³-hybridized carbons (Fsp3) is 0.600. The smallest absolute Gasteiger partial charge is 0.251 e. The summed E-state index contributed by atoms with van der Waals surface area (Å²) in [4.78, 5) is 31.5. The summed E-state index contributed by atoms with van der Waals surface area (Å²) < 4.78 is 5.51. The number of nitrogens with two attached hydrogens (primary N) is 1. The van der Waals surface area contributed by atoms with Gasteiger partial charge in [-0.3, -0.25) is 14.5 Å². The van der Waals surface area contributed by atoms with Crippen molar-refractivity contribution in [1.29, 1.82) is 0 Å². The number of carbonyl (C=O) groups excluding carboxylic acids is 2. The molecule has 2 heterocycles. The molecule has 1 saturated carbocycles. The minimum atomic E-state index is -0.222. The van der Waals surface area contributed by atoms with Gasteiger partial charge in [0.2, 0.25) is 5.91 Å². The fourth-order valence-corrected chi connectivity index (χ4v) is 7.24. The molecule has 3 atom stereocenters. The first-order chi connectivity index (χ1) is 20.7. The molecule has 43 heavy (non-hydrogen) atoms. The predicted octanol–water partition coefficient (Wildman–Crippen LogP) is 4.48. The minimum absolute atomic E-state index is 0.0301. The van der Waals surface area contributed by atoms with Gasteiger partial charge < -0.3 is 26.0 Å². The normalized spacial score (nSPS) is 26.5. The highest BCUT2D eigenvalue weighted by atomic mass is 16.5.